The Hall–Kier alpha value is -2.24. The molecule has 0 atom stereocenters. The SMILES string of the molecule is Cc1cnccc1-c1cccc(C(C)(C)N(CCCNCCCN)Cc2cccc(Cl)c2C)c1. The largest absolute Gasteiger partial charge is 0.330 e. The summed E-state index contributed by atoms with van der Waals surface area (Å²) in [7, 11) is 0. The molecule has 0 fully saturated rings. The number of rotatable bonds is 12. The predicted octanol–water partition coefficient (Wildman–Crippen LogP) is 6.08. The number of aryl methyl sites for hydroxylation is 1. The molecular formula is C29H39ClN4. The number of nitrogens with one attached hydrogen (secondary N) is 1. The highest BCUT2D eigenvalue weighted by atomic mass is 35.5. The molecule has 3 N–H and O–H groups in total. The maximum absolute atomic E-state index is 6.46. The van der Waals surface area contributed by atoms with Gasteiger partial charge in [-0.3, -0.25) is 9.88 Å². The molecule has 0 spiro atoms. The van der Waals surface area contributed by atoms with Crippen LogP contribution in [0.5, 0.6) is 0 Å². The van der Waals surface area contributed by atoms with Gasteiger partial charge in [-0.1, -0.05) is 41.9 Å². The normalized spacial score (nSPS) is 11.9. The van der Waals surface area contributed by atoms with Gasteiger partial charge in [0.1, 0.15) is 0 Å². The van der Waals surface area contributed by atoms with E-state index in [9.17, 15) is 0 Å². The van der Waals surface area contributed by atoms with Crippen LogP contribution in [0, 0.1) is 13.8 Å². The van der Waals surface area contributed by atoms with Gasteiger partial charge in [-0.05, 0) is 112 Å². The maximum Gasteiger partial charge on any atom is 0.0438 e. The van der Waals surface area contributed by atoms with Crippen LogP contribution in [0.25, 0.3) is 11.1 Å². The lowest BCUT2D eigenvalue weighted by atomic mass is 9.88. The Morgan fingerprint density at radius 3 is 2.56 bits per heavy atom. The van der Waals surface area contributed by atoms with Gasteiger partial charge in [0.2, 0.25) is 0 Å². The summed E-state index contributed by atoms with van der Waals surface area (Å²) < 4.78 is 0. The highest BCUT2D eigenvalue weighted by molar-refractivity contribution is 6.31. The first-order valence-corrected chi connectivity index (χ1v) is 12.6. The van der Waals surface area contributed by atoms with Crippen LogP contribution in [-0.2, 0) is 12.1 Å². The highest BCUT2D eigenvalue weighted by Gasteiger charge is 2.29. The molecule has 4 nitrogen and oxygen atoms in total. The number of aromatic nitrogens is 1. The minimum atomic E-state index is -0.164. The van der Waals surface area contributed by atoms with Gasteiger partial charge in [0.25, 0.3) is 0 Å². The fourth-order valence-electron chi connectivity index (χ4n) is 4.38. The summed E-state index contributed by atoms with van der Waals surface area (Å²) in [6.45, 7) is 13.4. The van der Waals surface area contributed by atoms with E-state index >= 15 is 0 Å². The van der Waals surface area contributed by atoms with E-state index in [-0.39, 0.29) is 5.54 Å². The minimum absolute atomic E-state index is 0.164. The number of nitrogens with zero attached hydrogens (tertiary/aromatic N) is 2. The van der Waals surface area contributed by atoms with E-state index in [1.807, 2.05) is 18.5 Å². The van der Waals surface area contributed by atoms with Crippen LogP contribution >= 0.6 is 11.6 Å². The summed E-state index contributed by atoms with van der Waals surface area (Å²) >= 11 is 6.46. The molecule has 0 aliphatic heterocycles. The van der Waals surface area contributed by atoms with Crippen LogP contribution in [0.3, 0.4) is 0 Å². The lowest BCUT2D eigenvalue weighted by molar-refractivity contribution is 0.108. The molecule has 0 aliphatic carbocycles. The monoisotopic (exact) mass is 478 g/mol. The van der Waals surface area contributed by atoms with E-state index in [4.69, 9.17) is 17.3 Å². The molecule has 5 heteroatoms. The molecule has 3 aromatic rings. The standard InChI is InChI=1S/C29H39ClN4/c1-22-20-33-17-13-27(22)24-9-5-11-26(19-24)29(3,4)34(18-8-16-32-15-7-14-31)21-25-10-6-12-28(30)23(25)2/h5-6,9-13,17,19-20,32H,7-8,14-16,18,21,31H2,1-4H3. The highest BCUT2D eigenvalue weighted by Crippen LogP contribution is 2.34. The first kappa shape index (κ1) is 26.4. The average molecular weight is 479 g/mol. The maximum atomic E-state index is 6.46. The minimum Gasteiger partial charge on any atom is -0.330 e. The third-order valence-corrected chi connectivity index (χ3v) is 7.18. The molecule has 0 unspecified atom stereocenters. The molecule has 0 bridgehead atoms. The van der Waals surface area contributed by atoms with E-state index in [1.165, 1.54) is 27.8 Å². The zero-order chi connectivity index (χ0) is 24.6. The Morgan fingerprint density at radius 1 is 1.03 bits per heavy atom. The van der Waals surface area contributed by atoms with Crippen molar-refractivity contribution in [2.45, 2.75) is 52.6 Å². The second-order valence-electron chi connectivity index (χ2n) is 9.52. The molecule has 2 aromatic carbocycles. The molecule has 0 radical (unpaired) electrons. The lowest BCUT2D eigenvalue weighted by Gasteiger charge is -2.40. The topological polar surface area (TPSA) is 54.2 Å². The third-order valence-electron chi connectivity index (χ3n) is 6.77. The van der Waals surface area contributed by atoms with Gasteiger partial charge < -0.3 is 11.1 Å². The van der Waals surface area contributed by atoms with Crippen LogP contribution < -0.4 is 11.1 Å². The van der Waals surface area contributed by atoms with E-state index in [2.05, 4.69) is 85.4 Å². The second kappa shape index (κ2) is 12.5. The van der Waals surface area contributed by atoms with Crippen LogP contribution in [-0.4, -0.2) is 36.1 Å². The van der Waals surface area contributed by atoms with Crippen molar-refractivity contribution in [1.82, 2.24) is 15.2 Å². The zero-order valence-corrected chi connectivity index (χ0v) is 21.8. The molecule has 0 saturated heterocycles. The molecule has 0 aliphatic rings. The van der Waals surface area contributed by atoms with Crippen LogP contribution in [0.1, 0.15) is 48.9 Å². The van der Waals surface area contributed by atoms with Gasteiger partial charge in [-0.15, -0.1) is 0 Å². The van der Waals surface area contributed by atoms with Crippen molar-refractivity contribution < 1.29 is 0 Å². The summed E-state index contributed by atoms with van der Waals surface area (Å²) in [6.07, 6.45) is 5.87. The van der Waals surface area contributed by atoms with Crippen LogP contribution in [0.15, 0.2) is 60.9 Å². The fraction of sp³-hybridized carbons (Fsp3) is 0.414. The quantitative estimate of drug-likeness (QED) is 0.309. The number of halogens is 1. The number of hydrogen-bond donors (Lipinski definition) is 2. The first-order chi connectivity index (χ1) is 16.3. The molecular weight excluding hydrogens is 440 g/mol. The summed E-state index contributed by atoms with van der Waals surface area (Å²) in [5.41, 5.74) is 12.8. The van der Waals surface area contributed by atoms with Crippen LogP contribution in [0.4, 0.5) is 0 Å². The third kappa shape index (κ3) is 6.67. The fourth-order valence-corrected chi connectivity index (χ4v) is 4.57. The van der Waals surface area contributed by atoms with E-state index in [0.29, 0.717) is 0 Å². The molecule has 34 heavy (non-hydrogen) atoms. The van der Waals surface area contributed by atoms with Gasteiger partial charge in [-0.25, -0.2) is 0 Å². The van der Waals surface area contributed by atoms with Crippen molar-refractivity contribution in [3.63, 3.8) is 0 Å². The first-order valence-electron chi connectivity index (χ1n) is 12.3. The van der Waals surface area contributed by atoms with Gasteiger partial charge in [-0.2, -0.15) is 0 Å². The summed E-state index contributed by atoms with van der Waals surface area (Å²) in [5.74, 6) is 0. The van der Waals surface area contributed by atoms with Crippen molar-refractivity contribution >= 4 is 11.6 Å². The Labute approximate surface area is 210 Å². The van der Waals surface area contributed by atoms with E-state index < -0.39 is 0 Å². The van der Waals surface area contributed by atoms with Gasteiger partial charge in [0, 0.05) is 36.0 Å². The number of hydrogen-bond acceptors (Lipinski definition) is 4. The second-order valence-corrected chi connectivity index (χ2v) is 9.93. The number of nitrogens with two attached hydrogens (primary N) is 1. The zero-order valence-electron chi connectivity index (χ0n) is 21.1. The Balaban J connectivity index is 1.88. The molecule has 0 amide bonds. The predicted molar refractivity (Wildman–Crippen MR) is 145 cm³/mol. The molecule has 182 valence electrons. The summed E-state index contributed by atoms with van der Waals surface area (Å²) in [4.78, 5) is 6.84. The van der Waals surface area contributed by atoms with Crippen molar-refractivity contribution in [3.8, 4) is 11.1 Å². The average Bonchev–Trinajstić information content (AvgIpc) is 2.83. The number of benzene rings is 2. The van der Waals surface area contributed by atoms with Gasteiger partial charge in [0.05, 0.1) is 0 Å². The van der Waals surface area contributed by atoms with E-state index in [1.54, 1.807) is 0 Å². The number of pyridine rings is 1. The Bertz CT molecular complexity index is 1060. The van der Waals surface area contributed by atoms with E-state index in [0.717, 1.165) is 56.2 Å². The molecule has 1 heterocycles. The van der Waals surface area contributed by atoms with Crippen molar-refractivity contribution in [1.29, 1.82) is 0 Å². The van der Waals surface area contributed by atoms with Crippen LogP contribution in [0.2, 0.25) is 5.02 Å². The molecule has 1 aromatic heterocycles. The Morgan fingerprint density at radius 2 is 1.79 bits per heavy atom. The van der Waals surface area contributed by atoms with Crippen molar-refractivity contribution in [3.05, 3.63) is 88.2 Å². The van der Waals surface area contributed by atoms with Crippen molar-refractivity contribution in [2.75, 3.05) is 26.2 Å². The lowest BCUT2D eigenvalue weighted by Crippen LogP contribution is -2.42. The molecule has 0 saturated carbocycles. The van der Waals surface area contributed by atoms with Gasteiger partial charge >= 0.3 is 0 Å². The van der Waals surface area contributed by atoms with Gasteiger partial charge in [0.15, 0.2) is 0 Å². The smallest absolute Gasteiger partial charge is 0.0438 e. The Kier molecular flexibility index (Phi) is 9.66. The van der Waals surface area contributed by atoms with Crippen molar-refractivity contribution in [2.24, 2.45) is 5.73 Å². The summed E-state index contributed by atoms with van der Waals surface area (Å²) in [6, 6.07) is 17.3. The summed E-state index contributed by atoms with van der Waals surface area (Å²) in [5, 5.41) is 4.35. The molecule has 3 rings (SSSR count).